The molecule has 4 aliphatic rings. The van der Waals surface area contributed by atoms with Gasteiger partial charge < -0.3 is 18.9 Å². The number of methoxy groups -OCH3 is 1. The van der Waals surface area contributed by atoms with Crippen LogP contribution in [0.5, 0.6) is 0 Å². The summed E-state index contributed by atoms with van der Waals surface area (Å²) in [5, 5.41) is 0. The van der Waals surface area contributed by atoms with E-state index in [4.69, 9.17) is 18.9 Å². The van der Waals surface area contributed by atoms with E-state index < -0.39 is 24.0 Å². The Morgan fingerprint density at radius 1 is 1.48 bits per heavy atom. The first-order chi connectivity index (χ1) is 10.1. The topological polar surface area (TPSA) is 71.1 Å². The highest BCUT2D eigenvalue weighted by Gasteiger charge is 2.70. The van der Waals surface area contributed by atoms with Crippen molar-refractivity contribution in [3.63, 3.8) is 0 Å². The highest BCUT2D eigenvalue weighted by Crippen LogP contribution is 2.57. The average Bonchev–Trinajstić information content (AvgIpc) is 3.08. The second-order valence-electron chi connectivity index (χ2n) is 5.48. The van der Waals surface area contributed by atoms with Crippen LogP contribution in [-0.2, 0) is 28.5 Å². The van der Waals surface area contributed by atoms with Crippen molar-refractivity contribution in [2.45, 2.75) is 24.9 Å². The van der Waals surface area contributed by atoms with Crippen molar-refractivity contribution in [1.82, 2.24) is 0 Å². The third-order valence-electron chi connectivity index (χ3n) is 4.65. The Labute approximate surface area is 121 Å². The first-order valence-corrected chi connectivity index (χ1v) is 6.80. The third-order valence-corrected chi connectivity index (χ3v) is 4.65. The molecule has 0 bridgehead atoms. The number of carbonyl (C=O) groups is 2. The molecule has 0 radical (unpaired) electrons. The number of ether oxygens (including phenoxy) is 4. The molecule has 4 rings (SSSR count). The van der Waals surface area contributed by atoms with Crippen LogP contribution in [0.15, 0.2) is 35.6 Å². The van der Waals surface area contributed by atoms with E-state index in [0.717, 1.165) is 0 Å². The molecular weight excluding hydrogens is 276 g/mol. The molecule has 3 aliphatic heterocycles. The summed E-state index contributed by atoms with van der Waals surface area (Å²) in [6.07, 6.45) is 5.77. The minimum Gasteiger partial charge on any atom is -0.471 e. The lowest BCUT2D eigenvalue weighted by molar-refractivity contribution is -0.152. The molecular formula is C15H14O6. The number of carbonyl (C=O) groups excluding carboxylic acids is 2. The van der Waals surface area contributed by atoms with E-state index in [2.05, 4.69) is 0 Å². The second kappa shape index (κ2) is 3.98. The van der Waals surface area contributed by atoms with E-state index >= 15 is 0 Å². The first kappa shape index (κ1) is 12.6. The van der Waals surface area contributed by atoms with Gasteiger partial charge in [-0.25, -0.2) is 9.59 Å². The van der Waals surface area contributed by atoms with Crippen molar-refractivity contribution in [3.05, 3.63) is 35.6 Å². The van der Waals surface area contributed by atoms with Crippen LogP contribution in [0.2, 0.25) is 0 Å². The zero-order chi connectivity index (χ0) is 14.8. The Morgan fingerprint density at radius 2 is 2.29 bits per heavy atom. The molecule has 5 atom stereocenters. The Bertz CT molecular complexity index is 630. The molecule has 3 unspecified atom stereocenters. The monoisotopic (exact) mass is 290 g/mol. The molecule has 1 aliphatic carbocycles. The van der Waals surface area contributed by atoms with Crippen LogP contribution in [-0.4, -0.2) is 37.0 Å². The molecule has 3 heterocycles. The van der Waals surface area contributed by atoms with Crippen molar-refractivity contribution >= 4 is 11.9 Å². The zero-order valence-corrected chi connectivity index (χ0v) is 11.6. The lowest BCUT2D eigenvalue weighted by Gasteiger charge is -2.32. The largest absolute Gasteiger partial charge is 0.471 e. The van der Waals surface area contributed by atoms with Gasteiger partial charge in [-0.05, 0) is 13.0 Å². The van der Waals surface area contributed by atoms with Crippen LogP contribution in [0.1, 0.15) is 6.92 Å². The van der Waals surface area contributed by atoms with Gasteiger partial charge in [0.05, 0.1) is 30.4 Å². The van der Waals surface area contributed by atoms with E-state index in [0.29, 0.717) is 11.1 Å². The number of hydrogen-bond acceptors (Lipinski definition) is 6. The van der Waals surface area contributed by atoms with Gasteiger partial charge in [-0.1, -0.05) is 12.2 Å². The smallest absolute Gasteiger partial charge is 0.337 e. The summed E-state index contributed by atoms with van der Waals surface area (Å²) < 4.78 is 21.8. The third kappa shape index (κ3) is 1.35. The minimum absolute atomic E-state index is 0.231. The second-order valence-corrected chi connectivity index (χ2v) is 5.48. The zero-order valence-electron chi connectivity index (χ0n) is 11.6. The van der Waals surface area contributed by atoms with E-state index in [9.17, 15) is 9.59 Å². The van der Waals surface area contributed by atoms with Crippen LogP contribution in [0, 0.1) is 11.8 Å². The molecule has 110 valence electrons. The fourth-order valence-corrected chi connectivity index (χ4v) is 3.74. The highest BCUT2D eigenvalue weighted by atomic mass is 16.7. The summed E-state index contributed by atoms with van der Waals surface area (Å²) in [7, 11) is 1.32. The number of esters is 2. The standard InChI is InChI=1S/C15H14O6/c1-3-7-11-15(21-13(7)17)5-4-8-9(12(16)18-2)6-19-14(20-11)10(8)15/h3-6,8,10-11,14H,1-2H3/b7-3-/t8?,10?,11-,14?,15-/m0/s1. The van der Waals surface area contributed by atoms with Gasteiger partial charge in [0.15, 0.2) is 5.60 Å². The normalized spacial score (nSPS) is 44.0. The van der Waals surface area contributed by atoms with Gasteiger partial charge in [-0.15, -0.1) is 0 Å². The molecule has 0 aromatic rings. The molecule has 1 spiro atoms. The van der Waals surface area contributed by atoms with Gasteiger partial charge in [-0.3, -0.25) is 0 Å². The van der Waals surface area contributed by atoms with E-state index in [-0.39, 0.29) is 17.8 Å². The maximum absolute atomic E-state index is 12.0. The molecule has 0 aromatic heterocycles. The van der Waals surface area contributed by atoms with Crippen LogP contribution in [0.25, 0.3) is 0 Å². The highest BCUT2D eigenvalue weighted by molar-refractivity contribution is 5.94. The Kier molecular flexibility index (Phi) is 2.39. The van der Waals surface area contributed by atoms with Gasteiger partial charge >= 0.3 is 11.9 Å². The van der Waals surface area contributed by atoms with Crippen LogP contribution >= 0.6 is 0 Å². The number of rotatable bonds is 1. The fourth-order valence-electron chi connectivity index (χ4n) is 3.74. The molecule has 0 saturated carbocycles. The maximum atomic E-state index is 12.0. The van der Waals surface area contributed by atoms with Crippen molar-refractivity contribution in [3.8, 4) is 0 Å². The molecule has 21 heavy (non-hydrogen) atoms. The van der Waals surface area contributed by atoms with E-state index in [1.807, 2.05) is 12.2 Å². The van der Waals surface area contributed by atoms with E-state index in [1.165, 1.54) is 13.4 Å². The van der Waals surface area contributed by atoms with Gasteiger partial charge in [0, 0.05) is 5.92 Å². The quantitative estimate of drug-likeness (QED) is 0.405. The van der Waals surface area contributed by atoms with Gasteiger partial charge in [0.25, 0.3) is 0 Å². The first-order valence-electron chi connectivity index (χ1n) is 6.80. The fraction of sp³-hybridized carbons (Fsp3) is 0.467. The number of hydrogen-bond donors (Lipinski definition) is 0. The molecule has 2 fully saturated rings. The van der Waals surface area contributed by atoms with Gasteiger partial charge in [0.2, 0.25) is 6.29 Å². The Morgan fingerprint density at radius 3 is 3.00 bits per heavy atom. The minimum atomic E-state index is -0.873. The van der Waals surface area contributed by atoms with Gasteiger partial charge in [-0.2, -0.15) is 0 Å². The molecule has 0 N–H and O–H groups in total. The Hall–Kier alpha value is -2.08. The van der Waals surface area contributed by atoms with Crippen LogP contribution in [0.3, 0.4) is 0 Å². The SMILES string of the molecule is C/C=C1\C(=O)O[C@]23C=CC4C(C(=O)OC)=COC(O[C@@H]12)C43. The van der Waals surface area contributed by atoms with Crippen molar-refractivity contribution < 1.29 is 28.5 Å². The summed E-state index contributed by atoms with van der Waals surface area (Å²) in [6, 6.07) is 0. The predicted octanol–water partition coefficient (Wildman–Crippen LogP) is 0.842. The van der Waals surface area contributed by atoms with Crippen molar-refractivity contribution in [2.75, 3.05) is 7.11 Å². The summed E-state index contributed by atoms with van der Waals surface area (Å²) in [6.45, 7) is 1.77. The summed E-state index contributed by atoms with van der Waals surface area (Å²) in [5.74, 6) is -1.31. The predicted molar refractivity (Wildman–Crippen MR) is 68.5 cm³/mol. The van der Waals surface area contributed by atoms with Crippen molar-refractivity contribution in [1.29, 1.82) is 0 Å². The van der Waals surface area contributed by atoms with Crippen molar-refractivity contribution in [2.24, 2.45) is 11.8 Å². The summed E-state index contributed by atoms with van der Waals surface area (Å²) in [5.41, 5.74) is 0.0425. The van der Waals surface area contributed by atoms with E-state index in [1.54, 1.807) is 13.0 Å². The Balaban J connectivity index is 1.78. The average molecular weight is 290 g/mol. The van der Waals surface area contributed by atoms with Crippen LogP contribution in [0.4, 0.5) is 0 Å². The van der Waals surface area contributed by atoms with Crippen LogP contribution < -0.4 is 0 Å². The lowest BCUT2D eigenvalue weighted by Crippen LogP contribution is -2.43. The molecule has 0 amide bonds. The summed E-state index contributed by atoms with van der Waals surface area (Å²) >= 11 is 0. The molecule has 6 heteroatoms. The maximum Gasteiger partial charge on any atom is 0.337 e. The number of allylic oxidation sites excluding steroid dienone is 2. The molecule has 0 aromatic carbocycles. The molecule has 6 nitrogen and oxygen atoms in total. The lowest BCUT2D eigenvalue weighted by atomic mass is 9.78. The molecule has 2 saturated heterocycles. The van der Waals surface area contributed by atoms with Gasteiger partial charge in [0.1, 0.15) is 6.10 Å². The summed E-state index contributed by atoms with van der Waals surface area (Å²) in [4.78, 5) is 23.8.